The van der Waals surface area contributed by atoms with E-state index in [1.807, 2.05) is 27.7 Å². The lowest BCUT2D eigenvalue weighted by Gasteiger charge is -2.19. The van der Waals surface area contributed by atoms with Gasteiger partial charge in [-0.25, -0.2) is 14.4 Å². The summed E-state index contributed by atoms with van der Waals surface area (Å²) in [4.78, 5) is 8.88. The highest BCUT2D eigenvalue weighted by Gasteiger charge is 2.20. The second kappa shape index (κ2) is 5.60. The normalized spacial score (nSPS) is 11.6. The van der Waals surface area contributed by atoms with Gasteiger partial charge in [0.1, 0.15) is 22.6 Å². The molecule has 3 nitrogen and oxygen atoms in total. The zero-order valence-electron chi connectivity index (χ0n) is 12.9. The van der Waals surface area contributed by atoms with Gasteiger partial charge in [0, 0.05) is 16.7 Å². The molecular weight excluding hydrogens is 289 g/mol. The summed E-state index contributed by atoms with van der Waals surface area (Å²) in [6, 6.07) is 4.84. The molecule has 0 atom stereocenters. The quantitative estimate of drug-likeness (QED) is 0.800. The van der Waals surface area contributed by atoms with E-state index >= 15 is 0 Å². The number of rotatable bonds is 2. The molecule has 5 heteroatoms. The predicted octanol–water partition coefficient (Wildman–Crippen LogP) is 4.93. The molecule has 0 fully saturated rings. The summed E-state index contributed by atoms with van der Waals surface area (Å²) >= 11 is 6.20. The van der Waals surface area contributed by atoms with Crippen molar-refractivity contribution in [2.45, 2.75) is 40.0 Å². The van der Waals surface area contributed by atoms with Crippen molar-refractivity contribution < 1.29 is 4.39 Å². The Morgan fingerprint density at radius 2 is 1.81 bits per heavy atom. The summed E-state index contributed by atoms with van der Waals surface area (Å²) in [6.07, 6.45) is 0. The summed E-state index contributed by atoms with van der Waals surface area (Å²) in [7, 11) is 0. The molecule has 1 heterocycles. The first-order chi connectivity index (χ1) is 9.68. The van der Waals surface area contributed by atoms with E-state index in [1.54, 1.807) is 19.1 Å². The maximum atomic E-state index is 13.3. The molecule has 0 amide bonds. The molecule has 0 aliphatic heterocycles. The molecule has 0 unspecified atom stereocenters. The molecule has 1 aromatic carbocycles. The molecule has 0 aliphatic carbocycles. The molecule has 0 spiro atoms. The number of anilines is 2. The van der Waals surface area contributed by atoms with Crippen molar-refractivity contribution in [1.82, 2.24) is 9.97 Å². The van der Waals surface area contributed by atoms with Crippen LogP contribution in [0.15, 0.2) is 18.2 Å². The molecule has 21 heavy (non-hydrogen) atoms. The van der Waals surface area contributed by atoms with Crippen LogP contribution in [0.1, 0.15) is 37.7 Å². The number of halogens is 2. The Hall–Kier alpha value is -1.68. The fraction of sp³-hybridized carbons (Fsp3) is 0.375. The number of aromatic nitrogens is 2. The zero-order chi connectivity index (χ0) is 15.8. The Morgan fingerprint density at radius 1 is 1.14 bits per heavy atom. The minimum atomic E-state index is -0.228. The average molecular weight is 308 g/mol. The van der Waals surface area contributed by atoms with Gasteiger partial charge >= 0.3 is 0 Å². The highest BCUT2D eigenvalue weighted by Crippen LogP contribution is 2.28. The van der Waals surface area contributed by atoms with Gasteiger partial charge in [0.05, 0.1) is 0 Å². The van der Waals surface area contributed by atoms with Gasteiger partial charge in [-0.15, -0.1) is 0 Å². The monoisotopic (exact) mass is 307 g/mol. The van der Waals surface area contributed by atoms with Crippen LogP contribution in [-0.2, 0) is 5.41 Å². The van der Waals surface area contributed by atoms with E-state index in [0.29, 0.717) is 22.4 Å². The summed E-state index contributed by atoms with van der Waals surface area (Å²) < 4.78 is 13.3. The van der Waals surface area contributed by atoms with E-state index in [1.165, 1.54) is 6.07 Å². The molecule has 2 rings (SSSR count). The van der Waals surface area contributed by atoms with Crippen molar-refractivity contribution in [3.8, 4) is 0 Å². The van der Waals surface area contributed by atoms with Gasteiger partial charge in [-0.3, -0.25) is 0 Å². The second-order valence-electron chi connectivity index (χ2n) is 6.15. The van der Waals surface area contributed by atoms with Crippen LogP contribution in [0.3, 0.4) is 0 Å². The van der Waals surface area contributed by atoms with Gasteiger partial charge in [-0.2, -0.15) is 0 Å². The van der Waals surface area contributed by atoms with Crippen molar-refractivity contribution in [2.75, 3.05) is 5.32 Å². The molecular formula is C16H19ClFN3. The smallest absolute Gasteiger partial charge is 0.138 e. The summed E-state index contributed by atoms with van der Waals surface area (Å²) in [5, 5.41) is 3.62. The summed E-state index contributed by atoms with van der Waals surface area (Å²) in [6.45, 7) is 9.66. The van der Waals surface area contributed by atoms with Crippen molar-refractivity contribution in [3.63, 3.8) is 0 Å². The first kappa shape index (κ1) is 15.7. The van der Waals surface area contributed by atoms with E-state index in [2.05, 4.69) is 15.3 Å². The Morgan fingerprint density at radius 3 is 2.38 bits per heavy atom. The molecule has 0 saturated carbocycles. The number of nitrogens with one attached hydrogen (secondary N) is 1. The highest BCUT2D eigenvalue weighted by molar-refractivity contribution is 6.30. The van der Waals surface area contributed by atoms with Gasteiger partial charge < -0.3 is 5.32 Å². The Balaban J connectivity index is 2.43. The van der Waals surface area contributed by atoms with Crippen molar-refractivity contribution >= 4 is 23.1 Å². The number of aryl methyl sites for hydroxylation is 1. The molecule has 2 aromatic rings. The SMILES string of the molecule is Cc1cc(Nc2nc(C(C)(C)C)nc(Cl)c2C)ccc1F. The number of benzene rings is 1. The zero-order valence-corrected chi connectivity index (χ0v) is 13.6. The van der Waals surface area contributed by atoms with Crippen LogP contribution in [0, 0.1) is 19.7 Å². The molecule has 0 radical (unpaired) electrons. The largest absolute Gasteiger partial charge is 0.340 e. The minimum Gasteiger partial charge on any atom is -0.340 e. The third kappa shape index (κ3) is 3.50. The first-order valence-electron chi connectivity index (χ1n) is 6.76. The van der Waals surface area contributed by atoms with Crippen LogP contribution in [-0.4, -0.2) is 9.97 Å². The topological polar surface area (TPSA) is 37.8 Å². The lowest BCUT2D eigenvalue weighted by atomic mass is 9.95. The van der Waals surface area contributed by atoms with Gasteiger partial charge in [0.2, 0.25) is 0 Å². The van der Waals surface area contributed by atoms with Gasteiger partial charge in [-0.1, -0.05) is 32.4 Å². The average Bonchev–Trinajstić information content (AvgIpc) is 2.38. The second-order valence-corrected chi connectivity index (χ2v) is 6.51. The number of hydrogen-bond donors (Lipinski definition) is 1. The first-order valence-corrected chi connectivity index (χ1v) is 7.14. The predicted molar refractivity (Wildman–Crippen MR) is 84.9 cm³/mol. The van der Waals surface area contributed by atoms with Crippen LogP contribution < -0.4 is 5.32 Å². The van der Waals surface area contributed by atoms with Gasteiger partial charge in [0.25, 0.3) is 0 Å². The number of nitrogens with zero attached hydrogens (tertiary/aromatic N) is 2. The fourth-order valence-electron chi connectivity index (χ4n) is 1.81. The van der Waals surface area contributed by atoms with E-state index in [4.69, 9.17) is 11.6 Å². The summed E-state index contributed by atoms with van der Waals surface area (Å²) in [5.41, 5.74) is 1.92. The van der Waals surface area contributed by atoms with Crippen molar-refractivity contribution in [3.05, 3.63) is 46.1 Å². The highest BCUT2D eigenvalue weighted by atomic mass is 35.5. The molecule has 0 bridgehead atoms. The molecule has 0 aliphatic rings. The lowest BCUT2D eigenvalue weighted by molar-refractivity contribution is 0.545. The maximum absolute atomic E-state index is 13.3. The third-order valence-corrected chi connectivity index (χ3v) is 3.55. The van der Waals surface area contributed by atoms with E-state index in [9.17, 15) is 4.39 Å². The third-order valence-electron chi connectivity index (χ3n) is 3.18. The van der Waals surface area contributed by atoms with Crippen LogP contribution in [0.4, 0.5) is 15.9 Å². The summed E-state index contributed by atoms with van der Waals surface area (Å²) in [5.74, 6) is 1.08. The van der Waals surface area contributed by atoms with E-state index in [-0.39, 0.29) is 11.2 Å². The van der Waals surface area contributed by atoms with Crippen molar-refractivity contribution in [1.29, 1.82) is 0 Å². The molecule has 1 N–H and O–H groups in total. The van der Waals surface area contributed by atoms with Crippen LogP contribution in [0.25, 0.3) is 0 Å². The maximum Gasteiger partial charge on any atom is 0.138 e. The number of hydrogen-bond acceptors (Lipinski definition) is 3. The van der Waals surface area contributed by atoms with E-state index < -0.39 is 0 Å². The Bertz CT molecular complexity index is 678. The Labute approximate surface area is 129 Å². The fourth-order valence-corrected chi connectivity index (χ4v) is 1.98. The standard InChI is InChI=1S/C16H19ClFN3/c1-9-8-11(6-7-12(9)18)19-14-10(2)13(17)20-15(21-14)16(3,4)5/h6-8H,1-5H3,(H,19,20,21). The molecule has 1 aromatic heterocycles. The van der Waals surface area contributed by atoms with E-state index in [0.717, 1.165) is 11.3 Å². The van der Waals surface area contributed by atoms with Gasteiger partial charge in [0.15, 0.2) is 0 Å². The van der Waals surface area contributed by atoms with Crippen LogP contribution in [0.2, 0.25) is 5.15 Å². The minimum absolute atomic E-state index is 0.202. The van der Waals surface area contributed by atoms with Gasteiger partial charge in [-0.05, 0) is 37.6 Å². The van der Waals surface area contributed by atoms with Crippen molar-refractivity contribution in [2.24, 2.45) is 0 Å². The molecule has 0 saturated heterocycles. The van der Waals surface area contributed by atoms with Crippen LogP contribution >= 0.6 is 11.6 Å². The Kier molecular flexibility index (Phi) is 4.19. The lowest BCUT2D eigenvalue weighted by Crippen LogP contribution is -2.17. The molecule has 112 valence electrons. The van der Waals surface area contributed by atoms with Crippen LogP contribution in [0.5, 0.6) is 0 Å².